The summed E-state index contributed by atoms with van der Waals surface area (Å²) in [6.45, 7) is 0. The molecule has 3 aromatic rings. The van der Waals surface area contributed by atoms with E-state index in [-0.39, 0.29) is 0 Å². The second kappa shape index (κ2) is 7.32. The van der Waals surface area contributed by atoms with Gasteiger partial charge in [0.1, 0.15) is 16.5 Å². The number of halogens is 8. The number of sulfone groups is 1. The molecule has 13 heteroatoms. The van der Waals surface area contributed by atoms with Crippen molar-refractivity contribution < 1.29 is 43.5 Å². The molecule has 31 heavy (non-hydrogen) atoms. The summed E-state index contributed by atoms with van der Waals surface area (Å²) in [4.78, 5) is -1.29. The van der Waals surface area contributed by atoms with Crippen molar-refractivity contribution in [2.45, 2.75) is 17.2 Å². The highest BCUT2D eigenvalue weighted by Gasteiger charge is 2.36. The minimum absolute atomic E-state index is 0.384. The SMILES string of the molecule is CS(=O)(=O)c1c(F)cc(-c2cc(C(F)(F)F)nn2-c2cccc(C(F)(F)F)c2)cc1F. The highest BCUT2D eigenvalue weighted by Crippen LogP contribution is 2.36. The maximum absolute atomic E-state index is 14.3. The maximum Gasteiger partial charge on any atom is 0.435 e. The second-order valence-corrected chi connectivity index (χ2v) is 8.37. The Labute approximate surface area is 169 Å². The molecule has 2 aromatic carbocycles. The predicted molar refractivity (Wildman–Crippen MR) is 92.0 cm³/mol. The van der Waals surface area contributed by atoms with Crippen molar-refractivity contribution >= 4 is 9.84 Å². The third-order valence-corrected chi connectivity index (χ3v) is 5.21. The van der Waals surface area contributed by atoms with Gasteiger partial charge in [0.2, 0.25) is 0 Å². The summed E-state index contributed by atoms with van der Waals surface area (Å²) >= 11 is 0. The van der Waals surface area contributed by atoms with E-state index in [1.807, 2.05) is 0 Å². The summed E-state index contributed by atoms with van der Waals surface area (Å²) in [6.07, 6.45) is -9.31. The van der Waals surface area contributed by atoms with E-state index >= 15 is 0 Å². The van der Waals surface area contributed by atoms with Gasteiger partial charge < -0.3 is 0 Å². The number of hydrogen-bond acceptors (Lipinski definition) is 3. The molecule has 0 aliphatic rings. The third kappa shape index (κ3) is 4.55. The van der Waals surface area contributed by atoms with Gasteiger partial charge in [-0.1, -0.05) is 6.07 Å². The molecule has 166 valence electrons. The molecule has 1 heterocycles. The topological polar surface area (TPSA) is 52.0 Å². The average Bonchev–Trinajstić information content (AvgIpc) is 3.05. The fourth-order valence-electron chi connectivity index (χ4n) is 2.80. The minimum Gasteiger partial charge on any atom is -0.232 e. The van der Waals surface area contributed by atoms with Gasteiger partial charge in [-0.2, -0.15) is 31.4 Å². The van der Waals surface area contributed by atoms with Gasteiger partial charge >= 0.3 is 12.4 Å². The van der Waals surface area contributed by atoms with Gasteiger partial charge in [0, 0.05) is 11.8 Å². The van der Waals surface area contributed by atoms with E-state index < -0.39 is 66.9 Å². The van der Waals surface area contributed by atoms with Crippen LogP contribution in [0, 0.1) is 11.6 Å². The number of alkyl halides is 6. The van der Waals surface area contributed by atoms with Crippen LogP contribution >= 0.6 is 0 Å². The molecule has 0 spiro atoms. The van der Waals surface area contributed by atoms with Crippen LogP contribution < -0.4 is 0 Å². The lowest BCUT2D eigenvalue weighted by Crippen LogP contribution is -2.09. The molecule has 0 aliphatic heterocycles. The number of nitrogens with zero attached hydrogens (tertiary/aromatic N) is 2. The molecule has 0 amide bonds. The second-order valence-electron chi connectivity index (χ2n) is 6.41. The van der Waals surface area contributed by atoms with Crippen LogP contribution in [0.5, 0.6) is 0 Å². The standard InChI is InChI=1S/C18H10F8N2O2S/c1-31(29,30)16-12(19)5-9(6-13(16)20)14-8-15(18(24,25)26)27-28(14)11-4-2-3-10(7-11)17(21,22)23/h2-8H,1H3. The van der Waals surface area contributed by atoms with Gasteiger partial charge in [0.05, 0.1) is 16.9 Å². The van der Waals surface area contributed by atoms with Crippen molar-refractivity contribution in [1.82, 2.24) is 9.78 Å². The minimum atomic E-state index is -5.02. The Morgan fingerprint density at radius 2 is 1.45 bits per heavy atom. The Hall–Kier alpha value is -2.96. The van der Waals surface area contributed by atoms with Crippen molar-refractivity contribution in [3.05, 3.63) is 65.4 Å². The van der Waals surface area contributed by atoms with E-state index in [0.717, 1.165) is 12.1 Å². The van der Waals surface area contributed by atoms with Gasteiger partial charge in [-0.25, -0.2) is 21.9 Å². The molecule has 0 N–H and O–H groups in total. The molecule has 0 fully saturated rings. The van der Waals surface area contributed by atoms with Gasteiger partial charge in [-0.05, 0) is 36.4 Å². The van der Waals surface area contributed by atoms with Crippen LogP contribution in [0.3, 0.4) is 0 Å². The van der Waals surface area contributed by atoms with Crippen LogP contribution in [-0.2, 0) is 22.2 Å². The summed E-state index contributed by atoms with van der Waals surface area (Å²) < 4.78 is 131. The van der Waals surface area contributed by atoms with Crippen LogP contribution in [0.25, 0.3) is 16.9 Å². The van der Waals surface area contributed by atoms with Gasteiger partial charge in [0.25, 0.3) is 0 Å². The number of benzene rings is 2. The predicted octanol–water partition coefficient (Wildman–Crippen LogP) is 5.26. The number of hydrogen-bond donors (Lipinski definition) is 0. The fourth-order valence-corrected chi connectivity index (χ4v) is 3.62. The Morgan fingerprint density at radius 1 is 0.871 bits per heavy atom. The van der Waals surface area contributed by atoms with Crippen molar-refractivity contribution in [3.63, 3.8) is 0 Å². The Balaban J connectivity index is 2.29. The van der Waals surface area contributed by atoms with E-state index in [4.69, 9.17) is 0 Å². The van der Waals surface area contributed by atoms with Gasteiger partial charge in [-0.15, -0.1) is 0 Å². The molecule has 3 rings (SSSR count). The zero-order valence-electron chi connectivity index (χ0n) is 15.2. The first-order valence-electron chi connectivity index (χ1n) is 8.13. The van der Waals surface area contributed by atoms with Gasteiger partial charge in [-0.3, -0.25) is 0 Å². The molecule has 0 aliphatic carbocycles. The molecule has 4 nitrogen and oxygen atoms in total. The van der Waals surface area contributed by atoms with Crippen molar-refractivity contribution in [3.8, 4) is 16.9 Å². The first kappa shape index (κ1) is 22.7. The zero-order chi connectivity index (χ0) is 23.4. The smallest absolute Gasteiger partial charge is 0.232 e. The molecule has 0 saturated carbocycles. The van der Waals surface area contributed by atoms with Crippen LogP contribution in [0.2, 0.25) is 0 Å². The first-order chi connectivity index (χ1) is 14.1. The van der Waals surface area contributed by atoms with Crippen molar-refractivity contribution in [1.29, 1.82) is 0 Å². The van der Waals surface area contributed by atoms with Crippen molar-refractivity contribution in [2.75, 3.05) is 6.26 Å². The molecule has 0 saturated heterocycles. The zero-order valence-corrected chi connectivity index (χ0v) is 16.0. The third-order valence-electron chi connectivity index (χ3n) is 4.08. The van der Waals surface area contributed by atoms with E-state index in [1.54, 1.807) is 0 Å². The highest BCUT2D eigenvalue weighted by atomic mass is 32.2. The lowest BCUT2D eigenvalue weighted by atomic mass is 10.1. The summed E-state index contributed by atoms with van der Waals surface area (Å²) in [5.41, 5.74) is -4.36. The quantitative estimate of drug-likeness (QED) is 0.491. The van der Waals surface area contributed by atoms with Gasteiger partial charge in [0.15, 0.2) is 15.5 Å². The molecule has 0 radical (unpaired) electrons. The van der Waals surface area contributed by atoms with E-state index in [9.17, 15) is 43.5 Å². The highest BCUT2D eigenvalue weighted by molar-refractivity contribution is 7.90. The normalized spacial score (nSPS) is 12.9. The molecule has 0 unspecified atom stereocenters. The molecule has 1 aromatic heterocycles. The average molecular weight is 470 g/mol. The fraction of sp³-hybridized carbons (Fsp3) is 0.167. The molecular weight excluding hydrogens is 460 g/mol. The molecular formula is C18H10F8N2O2S. The maximum atomic E-state index is 14.3. The van der Waals surface area contributed by atoms with Crippen LogP contribution in [0.4, 0.5) is 35.1 Å². The number of aromatic nitrogens is 2. The largest absolute Gasteiger partial charge is 0.435 e. The van der Waals surface area contributed by atoms with Crippen LogP contribution in [-0.4, -0.2) is 24.5 Å². The van der Waals surface area contributed by atoms with E-state index in [2.05, 4.69) is 5.10 Å². The van der Waals surface area contributed by atoms with E-state index in [0.29, 0.717) is 41.3 Å². The Morgan fingerprint density at radius 3 is 1.94 bits per heavy atom. The lowest BCUT2D eigenvalue weighted by Gasteiger charge is -2.12. The lowest BCUT2D eigenvalue weighted by molar-refractivity contribution is -0.141. The monoisotopic (exact) mass is 470 g/mol. The summed E-state index contributed by atoms with van der Waals surface area (Å²) in [7, 11) is -4.34. The number of rotatable bonds is 3. The first-order valence-corrected chi connectivity index (χ1v) is 10.0. The Bertz CT molecular complexity index is 1240. The van der Waals surface area contributed by atoms with E-state index in [1.165, 1.54) is 0 Å². The summed E-state index contributed by atoms with van der Waals surface area (Å²) in [5, 5.41) is 3.24. The Kier molecular flexibility index (Phi) is 5.37. The van der Waals surface area contributed by atoms with Crippen LogP contribution in [0.1, 0.15) is 11.3 Å². The van der Waals surface area contributed by atoms with Crippen LogP contribution in [0.15, 0.2) is 47.4 Å². The summed E-state index contributed by atoms with van der Waals surface area (Å²) in [5.74, 6) is -3.16. The summed E-state index contributed by atoms with van der Waals surface area (Å²) in [6, 6.07) is 4.43. The molecule has 0 bridgehead atoms. The van der Waals surface area contributed by atoms with Crippen molar-refractivity contribution in [2.24, 2.45) is 0 Å². The molecule has 0 atom stereocenters.